The van der Waals surface area contributed by atoms with E-state index in [2.05, 4.69) is 65.8 Å². The fourth-order valence-corrected chi connectivity index (χ4v) is 5.72. The first-order valence-corrected chi connectivity index (χ1v) is 6.56. The summed E-state index contributed by atoms with van der Waals surface area (Å²) in [6, 6.07) is 0. The predicted molar refractivity (Wildman–Crippen MR) is 68.8 cm³/mol. The molecule has 2 nitrogen and oxygen atoms in total. The maximum atomic E-state index is 11.2. The molecular weight excluding hydrogens is 470 g/mol. The van der Waals surface area contributed by atoms with E-state index in [0.29, 0.717) is 5.56 Å². The van der Waals surface area contributed by atoms with Gasteiger partial charge in [0.25, 0.3) is 0 Å². The van der Waals surface area contributed by atoms with Crippen molar-refractivity contribution in [1.29, 1.82) is 0 Å². The van der Waals surface area contributed by atoms with Crippen LogP contribution in [-0.4, -0.2) is 13.1 Å². The summed E-state index contributed by atoms with van der Waals surface area (Å²) in [6.07, 6.45) is 0. The average molecular weight is 473 g/mol. The van der Waals surface area contributed by atoms with Crippen LogP contribution in [0.4, 0.5) is 0 Å². The molecule has 1 heterocycles. The van der Waals surface area contributed by atoms with Gasteiger partial charge >= 0.3 is 5.97 Å². The Morgan fingerprint density at radius 1 is 1.50 bits per heavy atom. The molecule has 0 aliphatic carbocycles. The summed E-state index contributed by atoms with van der Waals surface area (Å²) in [7, 11) is 1.38. The van der Waals surface area contributed by atoms with Gasteiger partial charge in [0.2, 0.25) is 0 Å². The Bertz CT molecular complexity index is 324. The Hall–Kier alpha value is 1.11. The zero-order valence-corrected chi connectivity index (χ0v) is 12.6. The highest BCUT2D eigenvalue weighted by Gasteiger charge is 2.19. The van der Waals surface area contributed by atoms with Crippen LogP contribution >= 0.6 is 72.4 Å². The monoisotopic (exact) mass is 472 g/mol. The molecule has 0 atom stereocenters. The summed E-state index contributed by atoms with van der Waals surface area (Å²) in [5.41, 5.74) is 0.632. The molecular formula is C6H3BrI2O2S. The van der Waals surface area contributed by atoms with Crippen molar-refractivity contribution in [2.45, 2.75) is 0 Å². The smallest absolute Gasteiger partial charge is 0.341 e. The van der Waals surface area contributed by atoms with Crippen LogP contribution in [0.3, 0.4) is 0 Å². The minimum Gasteiger partial charge on any atom is -0.465 e. The molecule has 0 aliphatic heterocycles. The van der Waals surface area contributed by atoms with E-state index in [1.807, 2.05) is 0 Å². The van der Waals surface area contributed by atoms with Gasteiger partial charge in [-0.3, -0.25) is 0 Å². The number of methoxy groups -OCH3 is 1. The van der Waals surface area contributed by atoms with Crippen LogP contribution in [0.5, 0.6) is 0 Å². The van der Waals surface area contributed by atoms with E-state index in [4.69, 9.17) is 0 Å². The zero-order valence-electron chi connectivity index (χ0n) is 5.86. The third-order valence-corrected chi connectivity index (χ3v) is 6.12. The highest BCUT2D eigenvalue weighted by Crippen LogP contribution is 2.35. The predicted octanol–water partition coefficient (Wildman–Crippen LogP) is 3.51. The molecule has 66 valence electrons. The molecule has 0 spiro atoms. The number of esters is 1. The Kier molecular flexibility index (Phi) is 4.25. The van der Waals surface area contributed by atoms with Crippen molar-refractivity contribution in [3.05, 3.63) is 15.8 Å². The molecule has 0 amide bonds. The van der Waals surface area contributed by atoms with Gasteiger partial charge in [0.1, 0.15) is 0 Å². The molecule has 12 heavy (non-hydrogen) atoms. The molecule has 0 aromatic carbocycles. The first kappa shape index (κ1) is 11.2. The molecule has 1 aromatic heterocycles. The minimum absolute atomic E-state index is 0.287. The summed E-state index contributed by atoms with van der Waals surface area (Å²) >= 11 is 9.21. The number of hydrogen-bond acceptors (Lipinski definition) is 3. The van der Waals surface area contributed by atoms with Crippen LogP contribution < -0.4 is 0 Å². The second-order valence-electron chi connectivity index (χ2n) is 1.83. The molecule has 1 aromatic rings. The number of thiophene rings is 1. The fourth-order valence-electron chi connectivity index (χ4n) is 0.631. The van der Waals surface area contributed by atoms with E-state index < -0.39 is 0 Å². The number of carbonyl (C=O) groups excluding carboxylic acids is 1. The topological polar surface area (TPSA) is 26.3 Å². The van der Waals surface area contributed by atoms with Gasteiger partial charge in [0, 0.05) is 0 Å². The number of halogens is 3. The molecule has 0 unspecified atom stereocenters. The third-order valence-electron chi connectivity index (χ3n) is 1.16. The summed E-state index contributed by atoms with van der Waals surface area (Å²) in [5.74, 6) is -0.287. The lowest BCUT2D eigenvalue weighted by Gasteiger charge is -1.96. The Balaban J connectivity index is 3.22. The van der Waals surface area contributed by atoms with Gasteiger partial charge in [0.15, 0.2) is 0 Å². The molecule has 0 fully saturated rings. The average Bonchev–Trinajstić information content (AvgIpc) is 2.26. The maximum Gasteiger partial charge on any atom is 0.341 e. The minimum atomic E-state index is -0.287. The van der Waals surface area contributed by atoms with Gasteiger partial charge in [-0.15, -0.1) is 11.3 Å². The molecule has 1 rings (SSSR count). The highest BCUT2D eigenvalue weighted by atomic mass is 127. The standard InChI is InChI=1S/C6H3BrI2O2S/c1-11-6(10)2-3(7)5(9)12-4(2)8/h1H3. The van der Waals surface area contributed by atoms with E-state index >= 15 is 0 Å². The van der Waals surface area contributed by atoms with E-state index in [1.165, 1.54) is 7.11 Å². The van der Waals surface area contributed by atoms with Crippen molar-refractivity contribution >= 4 is 78.4 Å². The van der Waals surface area contributed by atoms with Crippen molar-refractivity contribution in [3.63, 3.8) is 0 Å². The van der Waals surface area contributed by atoms with Gasteiger partial charge in [0.05, 0.1) is 22.9 Å². The quantitative estimate of drug-likeness (QED) is 0.462. The van der Waals surface area contributed by atoms with Crippen LogP contribution in [0.15, 0.2) is 4.47 Å². The largest absolute Gasteiger partial charge is 0.465 e. The molecule has 0 bridgehead atoms. The number of rotatable bonds is 1. The zero-order chi connectivity index (χ0) is 9.30. The Morgan fingerprint density at radius 3 is 2.42 bits per heavy atom. The molecule has 6 heteroatoms. The molecule has 0 aliphatic rings. The van der Waals surface area contributed by atoms with Gasteiger partial charge in [-0.1, -0.05) is 0 Å². The van der Waals surface area contributed by atoms with Crippen LogP contribution in [0.2, 0.25) is 0 Å². The van der Waals surface area contributed by atoms with Gasteiger partial charge in [-0.05, 0) is 61.1 Å². The van der Waals surface area contributed by atoms with E-state index in [9.17, 15) is 4.79 Å². The van der Waals surface area contributed by atoms with Crippen molar-refractivity contribution in [2.75, 3.05) is 7.11 Å². The van der Waals surface area contributed by atoms with Gasteiger partial charge in [-0.25, -0.2) is 4.79 Å². The van der Waals surface area contributed by atoms with Crippen LogP contribution in [-0.2, 0) is 4.74 Å². The Labute approximate surface area is 109 Å². The first-order chi connectivity index (χ1) is 5.57. The van der Waals surface area contributed by atoms with Crippen molar-refractivity contribution in [3.8, 4) is 0 Å². The summed E-state index contributed by atoms with van der Waals surface area (Å²) in [5, 5.41) is 0. The third kappa shape index (κ3) is 2.13. The normalized spacial score (nSPS) is 10.0. The van der Waals surface area contributed by atoms with E-state index in [1.54, 1.807) is 11.3 Å². The van der Waals surface area contributed by atoms with E-state index in [-0.39, 0.29) is 5.97 Å². The first-order valence-electron chi connectivity index (χ1n) is 2.79. The van der Waals surface area contributed by atoms with Crippen molar-refractivity contribution in [1.82, 2.24) is 0 Å². The van der Waals surface area contributed by atoms with Crippen molar-refractivity contribution < 1.29 is 9.53 Å². The highest BCUT2D eigenvalue weighted by molar-refractivity contribution is 14.1. The molecule has 0 saturated carbocycles. The van der Waals surface area contributed by atoms with E-state index in [0.717, 1.165) is 10.2 Å². The SMILES string of the molecule is COC(=O)c1c(I)sc(I)c1Br. The summed E-state index contributed by atoms with van der Waals surface area (Å²) in [4.78, 5) is 11.2. The maximum absolute atomic E-state index is 11.2. The summed E-state index contributed by atoms with van der Waals surface area (Å²) < 4.78 is 7.50. The number of ether oxygens (including phenoxy) is 1. The fraction of sp³-hybridized carbons (Fsp3) is 0.167. The van der Waals surface area contributed by atoms with Gasteiger partial charge in [-0.2, -0.15) is 0 Å². The molecule has 0 radical (unpaired) electrons. The van der Waals surface area contributed by atoms with Crippen molar-refractivity contribution in [2.24, 2.45) is 0 Å². The van der Waals surface area contributed by atoms with Crippen LogP contribution in [0.1, 0.15) is 10.4 Å². The second-order valence-corrected chi connectivity index (χ2v) is 7.27. The Morgan fingerprint density at radius 2 is 2.08 bits per heavy atom. The second kappa shape index (κ2) is 4.56. The lowest BCUT2D eigenvalue weighted by Crippen LogP contribution is -2.01. The molecule has 0 saturated heterocycles. The van der Waals surface area contributed by atoms with Gasteiger partial charge < -0.3 is 4.74 Å². The lowest BCUT2D eigenvalue weighted by atomic mass is 10.3. The van der Waals surface area contributed by atoms with Crippen LogP contribution in [0.25, 0.3) is 0 Å². The summed E-state index contributed by atoms with van der Waals surface area (Å²) in [6.45, 7) is 0. The number of hydrogen-bond donors (Lipinski definition) is 0. The lowest BCUT2D eigenvalue weighted by molar-refractivity contribution is 0.0599. The number of carbonyl (C=O) groups is 1. The van der Waals surface area contributed by atoms with Crippen LogP contribution in [0, 0.1) is 5.77 Å². The molecule has 0 N–H and O–H groups in total.